The third-order valence-corrected chi connectivity index (χ3v) is 6.38. The number of hydrogen-bond acceptors (Lipinski definition) is 8. The number of imidazole rings is 1. The zero-order valence-electron chi connectivity index (χ0n) is 23.2. The van der Waals surface area contributed by atoms with E-state index in [0.29, 0.717) is 28.5 Å². The fraction of sp³-hybridized carbons (Fsp3) is 0.133. The largest absolute Gasteiger partial charge is 0.438 e. The predicted molar refractivity (Wildman–Crippen MR) is 155 cm³/mol. The second kappa shape index (κ2) is 11.7. The van der Waals surface area contributed by atoms with Crippen LogP contribution in [0.4, 0.5) is 24.7 Å². The Balaban J connectivity index is 1.48. The van der Waals surface area contributed by atoms with Crippen LogP contribution in [0.1, 0.15) is 32.7 Å². The Morgan fingerprint density at radius 2 is 1.91 bits per heavy atom. The van der Waals surface area contributed by atoms with Gasteiger partial charge in [0, 0.05) is 54.4 Å². The minimum absolute atomic E-state index is 0.0501. The average Bonchev–Trinajstić information content (AvgIpc) is 3.43. The number of nitrogens with zero attached hydrogens (tertiary/aromatic N) is 5. The van der Waals surface area contributed by atoms with Crippen molar-refractivity contribution in [1.82, 2.24) is 24.5 Å². The molecule has 0 atom stereocenters. The van der Waals surface area contributed by atoms with Crippen molar-refractivity contribution in [2.45, 2.75) is 20.0 Å². The lowest BCUT2D eigenvalue weighted by molar-refractivity contribution is -0.137. The van der Waals surface area contributed by atoms with E-state index in [-0.39, 0.29) is 34.1 Å². The first-order valence-electron chi connectivity index (χ1n) is 12.9. The molecule has 0 aliphatic heterocycles. The minimum atomic E-state index is -4.64. The monoisotopic (exact) mass is 586 g/mol. The summed E-state index contributed by atoms with van der Waals surface area (Å²) >= 11 is 0. The molecule has 43 heavy (non-hydrogen) atoms. The summed E-state index contributed by atoms with van der Waals surface area (Å²) in [4.78, 5) is 30.4. The summed E-state index contributed by atoms with van der Waals surface area (Å²) < 4.78 is 48.7. The smallest absolute Gasteiger partial charge is 0.416 e. The number of anilines is 2. The number of pyridine rings is 1. The van der Waals surface area contributed by atoms with E-state index < -0.39 is 17.6 Å². The maximum atomic E-state index is 13.7. The molecule has 5 rings (SSSR count). The molecular weight excluding hydrogens is 561 g/mol. The van der Waals surface area contributed by atoms with Crippen molar-refractivity contribution in [2.75, 3.05) is 17.7 Å². The third-order valence-electron chi connectivity index (χ3n) is 6.38. The lowest BCUT2D eigenvalue weighted by atomic mass is 10.1. The fourth-order valence-corrected chi connectivity index (χ4v) is 4.19. The third kappa shape index (κ3) is 6.35. The first-order valence-corrected chi connectivity index (χ1v) is 12.9. The van der Waals surface area contributed by atoms with Crippen molar-refractivity contribution in [3.05, 3.63) is 101 Å². The van der Waals surface area contributed by atoms with Crippen LogP contribution in [-0.4, -0.2) is 43.7 Å². The maximum Gasteiger partial charge on any atom is 0.416 e. The van der Waals surface area contributed by atoms with Crippen molar-refractivity contribution in [3.63, 3.8) is 0 Å². The molecule has 10 nitrogen and oxygen atoms in total. The molecule has 0 spiro atoms. The van der Waals surface area contributed by atoms with E-state index in [0.717, 1.165) is 18.3 Å². The van der Waals surface area contributed by atoms with Crippen LogP contribution >= 0.6 is 0 Å². The molecular formula is C30H25F3N8O2. The molecule has 0 saturated carbocycles. The number of hydrogen-bond donors (Lipinski definition) is 3. The van der Waals surface area contributed by atoms with Crippen molar-refractivity contribution in [3.8, 4) is 28.7 Å². The van der Waals surface area contributed by atoms with Crippen LogP contribution < -0.4 is 15.4 Å². The van der Waals surface area contributed by atoms with Crippen molar-refractivity contribution < 1.29 is 22.7 Å². The number of carbonyl (C=O) groups excluding carboxylic acids is 1. The van der Waals surface area contributed by atoms with Crippen molar-refractivity contribution >= 4 is 23.6 Å². The summed E-state index contributed by atoms with van der Waals surface area (Å²) in [6.45, 7) is 3.48. The molecule has 0 fully saturated rings. The fourth-order valence-electron chi connectivity index (χ4n) is 4.19. The van der Waals surface area contributed by atoms with E-state index >= 15 is 0 Å². The van der Waals surface area contributed by atoms with Crippen LogP contribution in [0.15, 0.2) is 73.4 Å². The van der Waals surface area contributed by atoms with Crippen molar-refractivity contribution in [2.24, 2.45) is 0 Å². The summed E-state index contributed by atoms with van der Waals surface area (Å²) in [5, 5.41) is 13.4. The van der Waals surface area contributed by atoms with Crippen LogP contribution in [-0.2, 0) is 6.18 Å². The van der Waals surface area contributed by atoms with E-state index in [2.05, 4.69) is 30.6 Å². The maximum absolute atomic E-state index is 13.7. The SMILES string of the molecule is CNc1nc(-c2cccnc2)nc(Oc2cc(C(=O)Nc3cc(-n4cnc(C)c4)cc(C(F)(F)F)c3)ccc2C)c1C=N. The van der Waals surface area contributed by atoms with E-state index in [4.69, 9.17) is 10.1 Å². The zero-order chi connectivity index (χ0) is 30.7. The molecule has 0 bridgehead atoms. The first kappa shape index (κ1) is 28.9. The summed E-state index contributed by atoms with van der Waals surface area (Å²) in [6, 6.07) is 11.4. The Bertz CT molecular complexity index is 1820. The molecule has 13 heteroatoms. The number of aryl methyl sites for hydroxylation is 2. The number of benzene rings is 2. The van der Waals surface area contributed by atoms with E-state index in [1.807, 2.05) is 0 Å². The molecule has 0 aliphatic rings. The molecule has 218 valence electrons. The predicted octanol–water partition coefficient (Wildman–Crippen LogP) is 6.44. The number of carbonyl (C=O) groups is 1. The van der Waals surface area contributed by atoms with Crippen LogP contribution in [0.25, 0.3) is 17.1 Å². The first-order chi connectivity index (χ1) is 20.5. The number of rotatable bonds is 8. The van der Waals surface area contributed by atoms with Gasteiger partial charge in [0.05, 0.1) is 23.1 Å². The number of nitrogens with one attached hydrogen (secondary N) is 3. The number of alkyl halides is 3. The van der Waals surface area contributed by atoms with Gasteiger partial charge in [0.1, 0.15) is 11.6 Å². The highest BCUT2D eigenvalue weighted by Crippen LogP contribution is 2.34. The van der Waals surface area contributed by atoms with Gasteiger partial charge in [-0.15, -0.1) is 0 Å². The van der Waals surface area contributed by atoms with Gasteiger partial charge in [0.25, 0.3) is 5.91 Å². The van der Waals surface area contributed by atoms with Gasteiger partial charge in [0.15, 0.2) is 5.82 Å². The van der Waals surface area contributed by atoms with Gasteiger partial charge in [0.2, 0.25) is 5.88 Å². The molecule has 0 unspecified atom stereocenters. The highest BCUT2D eigenvalue weighted by Gasteiger charge is 2.31. The topological polar surface area (TPSA) is 131 Å². The lowest BCUT2D eigenvalue weighted by Crippen LogP contribution is -2.14. The molecule has 3 N–H and O–H groups in total. The number of ether oxygens (including phenoxy) is 1. The Morgan fingerprint density at radius 1 is 1.09 bits per heavy atom. The van der Waals surface area contributed by atoms with Gasteiger partial charge < -0.3 is 25.3 Å². The van der Waals surface area contributed by atoms with Gasteiger partial charge in [-0.25, -0.2) is 9.97 Å². The molecule has 0 saturated heterocycles. The molecule has 3 aromatic heterocycles. The van der Waals surface area contributed by atoms with E-state index in [1.54, 1.807) is 57.7 Å². The second-order valence-electron chi connectivity index (χ2n) is 9.48. The lowest BCUT2D eigenvalue weighted by Gasteiger charge is -2.16. The zero-order valence-corrected chi connectivity index (χ0v) is 23.2. The molecule has 1 amide bonds. The summed E-state index contributed by atoms with van der Waals surface area (Å²) in [5.74, 6) is 0.315. The summed E-state index contributed by atoms with van der Waals surface area (Å²) in [5.41, 5.74) is 1.51. The highest BCUT2D eigenvalue weighted by molar-refractivity contribution is 6.04. The van der Waals surface area contributed by atoms with Gasteiger partial charge >= 0.3 is 6.18 Å². The van der Waals surface area contributed by atoms with Crippen LogP contribution in [0.5, 0.6) is 11.6 Å². The number of amides is 1. The van der Waals surface area contributed by atoms with Gasteiger partial charge in [-0.1, -0.05) is 6.07 Å². The summed E-state index contributed by atoms with van der Waals surface area (Å²) in [6.07, 6.45) is 2.60. The number of aromatic nitrogens is 5. The molecule has 5 aromatic rings. The van der Waals surface area contributed by atoms with E-state index in [9.17, 15) is 18.0 Å². The van der Waals surface area contributed by atoms with E-state index in [1.165, 1.54) is 29.1 Å². The molecule has 2 aromatic carbocycles. The molecule has 3 heterocycles. The number of halogens is 3. The van der Waals surface area contributed by atoms with Gasteiger partial charge in [-0.05, 0) is 61.9 Å². The quantitative estimate of drug-likeness (QED) is 0.178. The van der Waals surface area contributed by atoms with Crippen LogP contribution in [0, 0.1) is 19.3 Å². The minimum Gasteiger partial charge on any atom is -0.438 e. The Hall–Kier alpha value is -5.59. The second-order valence-corrected chi connectivity index (χ2v) is 9.48. The van der Waals surface area contributed by atoms with Crippen LogP contribution in [0.3, 0.4) is 0 Å². The van der Waals surface area contributed by atoms with Crippen molar-refractivity contribution in [1.29, 1.82) is 5.41 Å². The Kier molecular flexibility index (Phi) is 7.88. The van der Waals surface area contributed by atoms with Gasteiger partial charge in [-0.2, -0.15) is 18.2 Å². The Morgan fingerprint density at radius 3 is 2.56 bits per heavy atom. The standard InChI is InChI=1S/C30H25F3N8O2/c1-17-6-7-19(28(42)38-22-10-21(30(31,32)33)11-23(12-22)41-15-18(2)37-16-41)9-25(17)43-29-24(13-34)27(35-3)39-26(40-29)20-5-4-8-36-14-20/h4-16,34H,1-3H3,(H,38,42)(H,35,39,40). The van der Waals surface area contributed by atoms with Gasteiger partial charge in [-0.3, -0.25) is 9.78 Å². The molecule has 0 aliphatic carbocycles. The average molecular weight is 587 g/mol. The van der Waals surface area contributed by atoms with Crippen LogP contribution in [0.2, 0.25) is 0 Å². The summed E-state index contributed by atoms with van der Waals surface area (Å²) in [7, 11) is 1.65. The Labute approximate surface area is 244 Å². The highest BCUT2D eigenvalue weighted by atomic mass is 19.4. The normalized spacial score (nSPS) is 11.2. The molecule has 0 radical (unpaired) electrons.